The van der Waals surface area contributed by atoms with Gasteiger partial charge in [0.15, 0.2) is 11.5 Å². The Hall–Kier alpha value is -2.18. The third-order valence-corrected chi connectivity index (χ3v) is 5.47. The van der Waals surface area contributed by atoms with E-state index in [0.717, 1.165) is 24.1 Å². The van der Waals surface area contributed by atoms with Crippen molar-refractivity contribution in [3.63, 3.8) is 0 Å². The lowest BCUT2D eigenvalue weighted by molar-refractivity contribution is 0.269. The Morgan fingerprint density at radius 1 is 0.875 bits per heavy atom. The highest BCUT2D eigenvalue weighted by Gasteiger charge is 2.13. The molecule has 0 radical (unpaired) electrons. The number of hydrogen-bond acceptors (Lipinski definition) is 5. The molecule has 2 aromatic carbocycles. The molecule has 0 saturated carbocycles. The molecule has 0 spiro atoms. The number of benzene rings is 2. The fourth-order valence-corrected chi connectivity index (χ4v) is 3.56. The van der Waals surface area contributed by atoms with E-state index < -0.39 is 0 Å². The van der Waals surface area contributed by atoms with Crippen LogP contribution in [0, 0.1) is 0 Å². The molecule has 1 aromatic heterocycles. The number of pyridine rings is 1. The van der Waals surface area contributed by atoms with Gasteiger partial charge in [-0.25, -0.2) is 4.98 Å². The van der Waals surface area contributed by atoms with Crippen LogP contribution in [0.3, 0.4) is 0 Å². The van der Waals surface area contributed by atoms with Crippen molar-refractivity contribution in [2.45, 2.75) is 26.5 Å². The van der Waals surface area contributed by atoms with Gasteiger partial charge >= 0.3 is 0 Å². The summed E-state index contributed by atoms with van der Waals surface area (Å²) in [4.78, 5) is 4.14. The molecule has 3 rings (SSSR count). The predicted molar refractivity (Wildman–Crippen MR) is 129 cm³/mol. The van der Waals surface area contributed by atoms with Crippen molar-refractivity contribution < 1.29 is 14.2 Å². The fraction of sp³-hybridized carbons (Fsp3) is 0.292. The van der Waals surface area contributed by atoms with Crippen molar-refractivity contribution >= 4 is 34.8 Å². The zero-order chi connectivity index (χ0) is 22.8. The average molecular weight is 496 g/mol. The number of halogens is 3. The third kappa shape index (κ3) is 7.45. The first-order chi connectivity index (χ1) is 15.6. The van der Waals surface area contributed by atoms with Crippen LogP contribution in [-0.4, -0.2) is 24.7 Å². The topological polar surface area (TPSA) is 52.6 Å². The summed E-state index contributed by atoms with van der Waals surface area (Å²) >= 11 is 18.6. The molecule has 0 aliphatic carbocycles. The molecule has 32 heavy (non-hydrogen) atoms. The molecular formula is C24H25Cl3N2O3. The number of aromatic nitrogens is 1. The van der Waals surface area contributed by atoms with Gasteiger partial charge in [-0.2, -0.15) is 0 Å². The highest BCUT2D eigenvalue weighted by Crippen LogP contribution is 2.37. The first kappa shape index (κ1) is 24.5. The van der Waals surface area contributed by atoms with Crippen LogP contribution in [0.15, 0.2) is 54.7 Å². The van der Waals surface area contributed by atoms with Crippen LogP contribution in [0.1, 0.15) is 24.5 Å². The van der Waals surface area contributed by atoms with E-state index in [1.165, 1.54) is 0 Å². The Bertz CT molecular complexity index is 1000. The normalized spacial score (nSPS) is 10.8. The Morgan fingerprint density at radius 2 is 1.72 bits per heavy atom. The second-order valence-electron chi connectivity index (χ2n) is 6.92. The van der Waals surface area contributed by atoms with Crippen molar-refractivity contribution in [1.82, 2.24) is 10.3 Å². The van der Waals surface area contributed by atoms with Crippen LogP contribution >= 0.6 is 34.8 Å². The smallest absolute Gasteiger partial charge is 0.213 e. The van der Waals surface area contributed by atoms with Crippen molar-refractivity contribution in [3.8, 4) is 17.4 Å². The Morgan fingerprint density at radius 3 is 2.47 bits per heavy atom. The zero-order valence-electron chi connectivity index (χ0n) is 17.7. The van der Waals surface area contributed by atoms with Gasteiger partial charge in [-0.1, -0.05) is 46.9 Å². The molecule has 1 heterocycles. The van der Waals surface area contributed by atoms with E-state index >= 15 is 0 Å². The van der Waals surface area contributed by atoms with Gasteiger partial charge in [0.05, 0.1) is 28.3 Å². The molecule has 0 fully saturated rings. The summed E-state index contributed by atoms with van der Waals surface area (Å²) in [6.45, 7) is 4.76. The largest absolute Gasteiger partial charge is 0.490 e. The fourth-order valence-electron chi connectivity index (χ4n) is 2.95. The molecule has 0 atom stereocenters. The molecular weight excluding hydrogens is 471 g/mol. The summed E-state index contributed by atoms with van der Waals surface area (Å²) in [5.41, 5.74) is 1.89. The highest BCUT2D eigenvalue weighted by molar-refractivity contribution is 6.42. The summed E-state index contributed by atoms with van der Waals surface area (Å²) in [5, 5.41) is 4.87. The minimum atomic E-state index is 0.296. The van der Waals surface area contributed by atoms with Gasteiger partial charge in [-0.3, -0.25) is 0 Å². The maximum atomic E-state index is 6.52. The number of rotatable bonds is 12. The van der Waals surface area contributed by atoms with Gasteiger partial charge in [0.1, 0.15) is 6.61 Å². The summed E-state index contributed by atoms with van der Waals surface area (Å²) in [5.74, 6) is 1.75. The van der Waals surface area contributed by atoms with Crippen LogP contribution in [0.4, 0.5) is 0 Å². The van der Waals surface area contributed by atoms with Crippen LogP contribution in [0.25, 0.3) is 0 Å². The Labute approximate surface area is 203 Å². The highest BCUT2D eigenvalue weighted by atomic mass is 35.5. The molecule has 8 heteroatoms. The molecule has 170 valence electrons. The number of hydrogen-bond donors (Lipinski definition) is 1. The lowest BCUT2D eigenvalue weighted by atomic mass is 10.2. The van der Waals surface area contributed by atoms with E-state index in [4.69, 9.17) is 49.0 Å². The van der Waals surface area contributed by atoms with E-state index in [2.05, 4.69) is 10.3 Å². The van der Waals surface area contributed by atoms with Crippen molar-refractivity contribution in [1.29, 1.82) is 0 Å². The van der Waals surface area contributed by atoms with E-state index in [0.29, 0.717) is 58.8 Å². The van der Waals surface area contributed by atoms with Gasteiger partial charge in [0.2, 0.25) is 5.88 Å². The van der Waals surface area contributed by atoms with Gasteiger partial charge in [0, 0.05) is 18.8 Å². The minimum absolute atomic E-state index is 0.296. The zero-order valence-corrected chi connectivity index (χ0v) is 20.0. The molecule has 0 amide bonds. The summed E-state index contributed by atoms with van der Waals surface area (Å²) in [6.07, 6.45) is 2.57. The molecule has 3 aromatic rings. The van der Waals surface area contributed by atoms with Crippen LogP contribution in [0.2, 0.25) is 15.1 Å². The molecule has 0 bridgehead atoms. The first-order valence-corrected chi connectivity index (χ1v) is 11.5. The third-order valence-electron chi connectivity index (χ3n) is 4.45. The molecule has 5 nitrogen and oxygen atoms in total. The van der Waals surface area contributed by atoms with E-state index in [9.17, 15) is 0 Å². The van der Waals surface area contributed by atoms with Gasteiger partial charge in [0.25, 0.3) is 0 Å². The average Bonchev–Trinajstić information content (AvgIpc) is 2.79. The van der Waals surface area contributed by atoms with Crippen molar-refractivity contribution in [2.24, 2.45) is 0 Å². The maximum absolute atomic E-state index is 6.52. The molecule has 0 aliphatic heterocycles. The minimum Gasteiger partial charge on any atom is -0.490 e. The van der Waals surface area contributed by atoms with Gasteiger partial charge < -0.3 is 19.5 Å². The monoisotopic (exact) mass is 494 g/mol. The first-order valence-electron chi connectivity index (χ1n) is 10.3. The quantitative estimate of drug-likeness (QED) is 0.288. The summed E-state index contributed by atoms with van der Waals surface area (Å²) in [7, 11) is 0. The Kier molecular flexibility index (Phi) is 9.75. The van der Waals surface area contributed by atoms with Crippen LogP contribution in [0.5, 0.6) is 17.4 Å². The van der Waals surface area contributed by atoms with Gasteiger partial charge in [-0.05, 0) is 61.3 Å². The SMILES string of the molecule is CCOc1cc(CNCCCOc2ccccn2)cc(Cl)c1OCc1ccc(Cl)c(Cl)c1. The predicted octanol–water partition coefficient (Wildman–Crippen LogP) is 6.58. The van der Waals surface area contributed by atoms with E-state index in [1.54, 1.807) is 18.3 Å². The van der Waals surface area contributed by atoms with E-state index in [-0.39, 0.29) is 0 Å². The molecule has 0 unspecified atom stereocenters. The van der Waals surface area contributed by atoms with Crippen LogP contribution < -0.4 is 19.5 Å². The number of ether oxygens (including phenoxy) is 3. The van der Waals surface area contributed by atoms with Crippen LogP contribution in [-0.2, 0) is 13.2 Å². The lowest BCUT2D eigenvalue weighted by Crippen LogP contribution is -2.17. The van der Waals surface area contributed by atoms with Gasteiger partial charge in [-0.15, -0.1) is 0 Å². The second-order valence-corrected chi connectivity index (χ2v) is 8.14. The Balaban J connectivity index is 1.52. The van der Waals surface area contributed by atoms with E-state index in [1.807, 2.05) is 43.3 Å². The molecule has 0 aliphatic rings. The molecule has 1 N–H and O–H groups in total. The summed E-state index contributed by atoms with van der Waals surface area (Å²) in [6, 6.07) is 14.8. The number of nitrogens with zero attached hydrogens (tertiary/aromatic N) is 1. The second kappa shape index (κ2) is 12.8. The maximum Gasteiger partial charge on any atom is 0.213 e. The van der Waals surface area contributed by atoms with Crippen molar-refractivity contribution in [3.05, 3.63) is 80.9 Å². The van der Waals surface area contributed by atoms with Crippen molar-refractivity contribution in [2.75, 3.05) is 19.8 Å². The molecule has 0 saturated heterocycles. The number of nitrogens with one attached hydrogen (secondary N) is 1. The summed E-state index contributed by atoms with van der Waals surface area (Å²) < 4.78 is 17.3. The lowest BCUT2D eigenvalue weighted by Gasteiger charge is -2.16. The standard InChI is InChI=1S/C24H25Cl3N2O3/c1-2-30-22-14-18(15-28-9-5-11-31-23-6-3-4-10-29-23)13-21(27)24(22)32-16-17-7-8-19(25)20(26)12-17/h3-4,6-8,10,12-14,28H,2,5,9,11,15-16H2,1H3.